The van der Waals surface area contributed by atoms with E-state index < -0.39 is 0 Å². The highest BCUT2D eigenvalue weighted by Gasteiger charge is 2.49. The molecule has 4 heterocycles. The fourth-order valence-corrected chi connectivity index (χ4v) is 8.35. The number of carbonyl (C=O) groups is 1. The summed E-state index contributed by atoms with van der Waals surface area (Å²) in [6.45, 7) is 9.69. The van der Waals surface area contributed by atoms with Gasteiger partial charge in [-0.15, -0.1) is 0 Å². The molecule has 3 aromatic rings. The Labute approximate surface area is 255 Å². The smallest absolute Gasteiger partial charge is 0.253 e. The number of fused-ring (bicyclic) bond motifs is 1. The maximum absolute atomic E-state index is 13.5. The molecule has 1 atom stereocenters. The summed E-state index contributed by atoms with van der Waals surface area (Å²) in [6, 6.07) is 16.1. The van der Waals surface area contributed by atoms with Crippen molar-refractivity contribution >= 4 is 16.8 Å². The highest BCUT2D eigenvalue weighted by Crippen LogP contribution is 2.57. The van der Waals surface area contributed by atoms with Gasteiger partial charge in [0, 0.05) is 92.0 Å². The number of nitrogens with one attached hydrogen (secondary N) is 1. The number of amides is 1. The standard InChI is InChI=1S/C35H44N6O2/c1-24-16-32(43-3)30(29-8-10-37-33(24)29)23-41-11-9-35(17-25(18-35)20-36)19-31(41)26-4-6-27(7-5-26)34(42)40-14-12-39(13-15-40)28-21-38(2)22-28/h4-8,10,16,25,28,31,37H,9,11-15,17-19,21-23H2,1-3H3. The van der Waals surface area contributed by atoms with Crippen LogP contribution in [-0.2, 0) is 6.54 Å². The number of hydrogen-bond donors (Lipinski definition) is 1. The molecule has 1 spiro atoms. The first-order chi connectivity index (χ1) is 20.9. The predicted octanol–water partition coefficient (Wildman–Crippen LogP) is 4.81. The van der Waals surface area contributed by atoms with Gasteiger partial charge in [0.2, 0.25) is 0 Å². The topological polar surface area (TPSA) is 78.8 Å². The number of ether oxygens (including phenoxy) is 1. The van der Waals surface area contributed by atoms with Crippen LogP contribution in [0.15, 0.2) is 42.6 Å². The van der Waals surface area contributed by atoms with Crippen molar-refractivity contribution in [2.45, 2.75) is 51.2 Å². The second kappa shape index (κ2) is 11.3. The van der Waals surface area contributed by atoms with Crippen molar-refractivity contribution in [1.82, 2.24) is 24.6 Å². The molecule has 1 aliphatic carbocycles. The van der Waals surface area contributed by atoms with Crippen molar-refractivity contribution in [2.75, 3.05) is 60.0 Å². The molecule has 0 bridgehead atoms. The number of aryl methyl sites for hydroxylation is 1. The van der Waals surface area contributed by atoms with Gasteiger partial charge in [-0.3, -0.25) is 14.6 Å². The highest BCUT2D eigenvalue weighted by molar-refractivity contribution is 5.94. The summed E-state index contributed by atoms with van der Waals surface area (Å²) in [7, 11) is 3.93. The first-order valence-corrected chi connectivity index (χ1v) is 16.0. The van der Waals surface area contributed by atoms with Gasteiger partial charge in [0.05, 0.1) is 13.2 Å². The number of piperidine rings is 1. The molecule has 2 aromatic carbocycles. The summed E-state index contributed by atoms with van der Waals surface area (Å²) in [6.07, 6.45) is 6.18. The quantitative estimate of drug-likeness (QED) is 0.451. The fraction of sp³-hybridized carbons (Fsp3) is 0.543. The number of benzene rings is 2. The van der Waals surface area contributed by atoms with E-state index in [4.69, 9.17) is 4.74 Å². The zero-order valence-electron chi connectivity index (χ0n) is 25.8. The van der Waals surface area contributed by atoms with E-state index in [0.717, 1.165) is 89.4 Å². The average Bonchev–Trinajstić information content (AvgIpc) is 3.50. The van der Waals surface area contributed by atoms with Crippen LogP contribution in [0.3, 0.4) is 0 Å². The highest BCUT2D eigenvalue weighted by atomic mass is 16.5. The number of carbonyl (C=O) groups excluding carboxylic acids is 1. The Morgan fingerprint density at radius 3 is 2.49 bits per heavy atom. The first-order valence-electron chi connectivity index (χ1n) is 16.0. The largest absolute Gasteiger partial charge is 0.496 e. The van der Waals surface area contributed by atoms with Gasteiger partial charge in [0.25, 0.3) is 5.91 Å². The minimum absolute atomic E-state index is 0.143. The van der Waals surface area contributed by atoms with Crippen LogP contribution < -0.4 is 4.74 Å². The summed E-state index contributed by atoms with van der Waals surface area (Å²) in [5.41, 5.74) is 5.84. The van der Waals surface area contributed by atoms with Crippen LogP contribution in [-0.4, -0.2) is 96.5 Å². The van der Waals surface area contributed by atoms with Gasteiger partial charge in [-0.25, -0.2) is 0 Å². The van der Waals surface area contributed by atoms with Crippen molar-refractivity contribution < 1.29 is 9.53 Å². The van der Waals surface area contributed by atoms with E-state index in [0.29, 0.717) is 6.04 Å². The number of methoxy groups -OCH3 is 1. The molecule has 8 heteroatoms. The fourth-order valence-electron chi connectivity index (χ4n) is 8.35. The molecule has 4 aliphatic rings. The van der Waals surface area contributed by atoms with Gasteiger partial charge in [0.1, 0.15) is 5.75 Å². The van der Waals surface area contributed by atoms with Crippen molar-refractivity contribution in [3.63, 3.8) is 0 Å². The lowest BCUT2D eigenvalue weighted by molar-refractivity contribution is -0.0298. The molecule has 3 saturated heterocycles. The Kier molecular flexibility index (Phi) is 7.45. The monoisotopic (exact) mass is 580 g/mol. The summed E-state index contributed by atoms with van der Waals surface area (Å²) < 4.78 is 5.90. The van der Waals surface area contributed by atoms with Crippen molar-refractivity contribution in [3.05, 3.63) is 64.8 Å². The van der Waals surface area contributed by atoms with Crippen LogP contribution in [0, 0.1) is 29.6 Å². The molecule has 43 heavy (non-hydrogen) atoms. The third-order valence-corrected chi connectivity index (χ3v) is 10.9. The number of rotatable bonds is 6. The van der Waals surface area contributed by atoms with Crippen molar-refractivity contribution in [3.8, 4) is 11.8 Å². The number of hydrogen-bond acceptors (Lipinski definition) is 6. The minimum atomic E-state index is 0.143. The lowest BCUT2D eigenvalue weighted by atomic mass is 9.56. The van der Waals surface area contributed by atoms with E-state index >= 15 is 0 Å². The van der Waals surface area contributed by atoms with Crippen LogP contribution in [0.2, 0.25) is 0 Å². The van der Waals surface area contributed by atoms with Crippen molar-refractivity contribution in [2.24, 2.45) is 11.3 Å². The number of nitrogens with zero attached hydrogens (tertiary/aromatic N) is 5. The lowest BCUT2D eigenvalue weighted by Gasteiger charge is -2.53. The number of aromatic nitrogens is 1. The maximum Gasteiger partial charge on any atom is 0.253 e. The van der Waals surface area contributed by atoms with E-state index in [2.05, 4.69) is 64.0 Å². The Morgan fingerprint density at radius 1 is 1.07 bits per heavy atom. The van der Waals surface area contributed by atoms with Gasteiger partial charge < -0.3 is 19.5 Å². The lowest BCUT2D eigenvalue weighted by Crippen LogP contribution is -2.62. The zero-order chi connectivity index (χ0) is 29.7. The molecule has 1 aromatic heterocycles. The van der Waals surface area contributed by atoms with Gasteiger partial charge in [-0.1, -0.05) is 12.1 Å². The molecule has 1 saturated carbocycles. The van der Waals surface area contributed by atoms with Crippen LogP contribution in [0.1, 0.15) is 58.8 Å². The number of likely N-dealkylation sites (N-methyl/N-ethyl adjacent to an activating group) is 1. The summed E-state index contributed by atoms with van der Waals surface area (Å²) in [5, 5.41) is 10.7. The molecular weight excluding hydrogens is 536 g/mol. The molecule has 0 radical (unpaired) electrons. The number of likely N-dealkylation sites (tertiary alicyclic amines) is 2. The minimum Gasteiger partial charge on any atom is -0.496 e. The normalized spacial score (nSPS) is 27.2. The van der Waals surface area contributed by atoms with Gasteiger partial charge >= 0.3 is 0 Å². The third-order valence-electron chi connectivity index (χ3n) is 10.9. The predicted molar refractivity (Wildman–Crippen MR) is 168 cm³/mol. The van der Waals surface area contributed by atoms with E-state index in [1.165, 1.54) is 27.6 Å². The molecule has 3 aliphatic heterocycles. The molecule has 1 amide bonds. The first kappa shape index (κ1) is 28.4. The van der Waals surface area contributed by atoms with Crippen LogP contribution in [0.25, 0.3) is 10.9 Å². The SMILES string of the molecule is COc1cc(C)c2[nH]ccc2c1CN1CCC2(CC(C#N)C2)CC1c1ccc(C(=O)N2CCN(C3CN(C)C3)CC2)cc1. The Morgan fingerprint density at radius 2 is 1.81 bits per heavy atom. The van der Waals surface area contributed by atoms with Crippen molar-refractivity contribution in [1.29, 1.82) is 5.26 Å². The average molecular weight is 581 g/mol. The number of H-pyrrole nitrogens is 1. The van der Waals surface area contributed by atoms with Gasteiger partial charge in [-0.2, -0.15) is 5.26 Å². The molecule has 8 nitrogen and oxygen atoms in total. The molecule has 1 N–H and O–H groups in total. The number of piperazine rings is 1. The number of aromatic amines is 1. The third kappa shape index (κ3) is 5.22. The Bertz CT molecular complexity index is 1520. The van der Waals surface area contributed by atoms with E-state index in [1.807, 2.05) is 23.2 Å². The zero-order valence-corrected chi connectivity index (χ0v) is 25.8. The van der Waals surface area contributed by atoms with E-state index in [-0.39, 0.29) is 23.3 Å². The number of nitriles is 1. The molecule has 7 rings (SSSR count). The molecule has 1 unspecified atom stereocenters. The molecule has 4 fully saturated rings. The van der Waals surface area contributed by atoms with E-state index in [9.17, 15) is 10.1 Å². The van der Waals surface area contributed by atoms with E-state index in [1.54, 1.807) is 7.11 Å². The summed E-state index contributed by atoms with van der Waals surface area (Å²) >= 11 is 0. The molecule has 226 valence electrons. The van der Waals surface area contributed by atoms with Gasteiger partial charge in [0.15, 0.2) is 0 Å². The maximum atomic E-state index is 13.5. The van der Waals surface area contributed by atoms with Gasteiger partial charge in [-0.05, 0) is 87.0 Å². The van der Waals surface area contributed by atoms with Crippen LogP contribution >= 0.6 is 0 Å². The second-order valence-corrected chi connectivity index (χ2v) is 13.6. The second-order valence-electron chi connectivity index (χ2n) is 13.6. The molecular formula is C35H44N6O2. The van der Waals surface area contributed by atoms with Crippen LogP contribution in [0.5, 0.6) is 5.75 Å². The Hall–Kier alpha value is -3.38. The summed E-state index contributed by atoms with van der Waals surface area (Å²) in [4.78, 5) is 26.4. The van der Waals surface area contributed by atoms with Crippen LogP contribution in [0.4, 0.5) is 0 Å². The Balaban J connectivity index is 1.10. The summed E-state index contributed by atoms with van der Waals surface area (Å²) in [5.74, 6) is 1.26.